The second-order valence-corrected chi connectivity index (χ2v) is 11.8. The zero-order valence-electron chi connectivity index (χ0n) is 23.1. The van der Waals surface area contributed by atoms with Crippen LogP contribution in [0.5, 0.6) is 0 Å². The zero-order chi connectivity index (χ0) is 27.6. The summed E-state index contributed by atoms with van der Waals surface area (Å²) in [6, 6.07) is 8.10. The molecule has 0 bridgehead atoms. The molecule has 39 heavy (non-hydrogen) atoms. The Kier molecular flexibility index (Phi) is 11.8. The topological polar surface area (TPSA) is 154 Å². The minimum atomic E-state index is -1.98. The quantitative estimate of drug-likeness (QED) is 0.209. The van der Waals surface area contributed by atoms with Crippen molar-refractivity contribution in [1.82, 2.24) is 0 Å². The molecule has 1 aromatic carbocycles. The second kappa shape index (κ2) is 12.8. The number of ether oxygens (including phenoxy) is 2. The predicted molar refractivity (Wildman–Crippen MR) is 132 cm³/mol. The summed E-state index contributed by atoms with van der Waals surface area (Å²) < 4.78 is 11.6. The summed E-state index contributed by atoms with van der Waals surface area (Å²) in [6.07, 6.45) is -5.04. The molecule has 11 heteroatoms. The molecule has 0 spiro atoms. The minimum absolute atomic E-state index is 0. The van der Waals surface area contributed by atoms with Gasteiger partial charge in [0.25, 0.3) is 0 Å². The number of hydrogen-bond donors (Lipinski definition) is 5. The average Bonchev–Trinajstić information content (AvgIpc) is 2.83. The third kappa shape index (κ3) is 5.95. The van der Waals surface area contributed by atoms with Crippen LogP contribution in [0.4, 0.5) is 0 Å². The van der Waals surface area contributed by atoms with E-state index in [-0.39, 0.29) is 113 Å². The molecule has 2 radical (unpaired) electrons. The number of hydrogen-bond acceptors (Lipinski definition) is 9. The van der Waals surface area contributed by atoms with E-state index in [9.17, 15) is 35.1 Å². The molecule has 1 heterocycles. The van der Waals surface area contributed by atoms with Gasteiger partial charge in [-0.3, -0.25) is 4.79 Å². The molecule has 210 valence electrons. The summed E-state index contributed by atoms with van der Waals surface area (Å²) in [4.78, 5) is 27.0. The van der Waals surface area contributed by atoms with Crippen molar-refractivity contribution in [2.75, 3.05) is 6.61 Å². The Morgan fingerprint density at radius 1 is 1.08 bits per heavy atom. The summed E-state index contributed by atoms with van der Waals surface area (Å²) in [5.41, 5.74) is -5.84. The van der Waals surface area contributed by atoms with Crippen LogP contribution in [0.15, 0.2) is 42.0 Å². The molecule has 5 N–H and O–H groups in total. The van der Waals surface area contributed by atoms with Crippen molar-refractivity contribution in [3.8, 4) is 0 Å². The van der Waals surface area contributed by atoms with Crippen LogP contribution in [0.1, 0.15) is 57.8 Å². The summed E-state index contributed by atoms with van der Waals surface area (Å²) in [5, 5.41) is 56.7. The van der Waals surface area contributed by atoms with Gasteiger partial charge in [-0.15, -0.1) is 0 Å². The molecule has 1 aromatic rings. The Balaban J connectivity index is 0.00000267. The van der Waals surface area contributed by atoms with Crippen LogP contribution in [-0.2, 0) is 14.3 Å². The molecular formula is C28H38Ac2O9. The fourth-order valence-corrected chi connectivity index (χ4v) is 6.64. The molecule has 2 aliphatic carbocycles. The summed E-state index contributed by atoms with van der Waals surface area (Å²) >= 11 is 0. The zero-order valence-corrected chi connectivity index (χ0v) is 32.6. The standard InChI is InChI=1S/C28H38O9.2Ac/c1-15-12-25(3,4)28(35,13-18(15)30)23(37-24(33)17-9-7-6-8-10-17)21-26(5,22(32)16(2)29)19(31)11-20-27(21,34)14-36-20;;/h6-10,12,16,18-21,23,29-31,34-35H,11,13-14H2,1-5H3;;/t16-,18+,19+,20-,21?,23+,26-,27+,28-;;/m1../s1. The third-order valence-electron chi connectivity index (χ3n) is 9.05. The first-order valence-corrected chi connectivity index (χ1v) is 12.7. The third-order valence-corrected chi connectivity index (χ3v) is 9.05. The molecule has 9 nitrogen and oxygen atoms in total. The number of carbonyl (C=O) groups excluding carboxylic acids is 2. The molecule has 4 rings (SSSR count). The van der Waals surface area contributed by atoms with E-state index in [1.165, 1.54) is 26.0 Å². The molecule has 0 amide bonds. The maximum Gasteiger partial charge on any atom is 0.338 e. The van der Waals surface area contributed by atoms with E-state index in [0.29, 0.717) is 5.57 Å². The summed E-state index contributed by atoms with van der Waals surface area (Å²) in [6.45, 7) is 7.64. The first-order chi connectivity index (χ1) is 17.1. The van der Waals surface area contributed by atoms with Crippen LogP contribution in [0.2, 0.25) is 0 Å². The molecule has 0 aromatic heterocycles. The van der Waals surface area contributed by atoms with Gasteiger partial charge in [0.1, 0.15) is 23.4 Å². The summed E-state index contributed by atoms with van der Waals surface area (Å²) in [7, 11) is 0. The number of fused-ring (bicyclic) bond motifs is 1. The maximum absolute atomic E-state index is 13.5. The molecule has 3 aliphatic rings. The van der Waals surface area contributed by atoms with Crippen LogP contribution in [0, 0.1) is 105 Å². The van der Waals surface area contributed by atoms with Gasteiger partial charge in [-0.25, -0.2) is 4.79 Å². The largest absolute Gasteiger partial charge is 0.455 e. The number of rotatable bonds is 6. The Hall–Kier alpha value is 0.743. The van der Waals surface area contributed by atoms with Gasteiger partial charge in [0.15, 0.2) is 5.78 Å². The van der Waals surface area contributed by atoms with E-state index in [4.69, 9.17) is 9.47 Å². The van der Waals surface area contributed by atoms with E-state index in [1.807, 2.05) is 0 Å². The van der Waals surface area contributed by atoms with E-state index >= 15 is 0 Å². The van der Waals surface area contributed by atoms with Crippen LogP contribution in [-0.4, -0.2) is 85.6 Å². The number of esters is 1. The normalized spacial score (nSPS) is 38.4. The van der Waals surface area contributed by atoms with Crippen molar-refractivity contribution in [2.24, 2.45) is 16.7 Å². The number of aliphatic hydroxyl groups excluding tert-OH is 3. The van der Waals surface area contributed by atoms with E-state index in [1.54, 1.807) is 45.0 Å². The van der Waals surface area contributed by atoms with Crippen molar-refractivity contribution >= 4 is 11.8 Å². The first-order valence-electron chi connectivity index (χ1n) is 12.7. The van der Waals surface area contributed by atoms with Gasteiger partial charge in [-0.05, 0) is 38.5 Å². The van der Waals surface area contributed by atoms with Crippen LogP contribution < -0.4 is 0 Å². The maximum atomic E-state index is 13.5. The minimum Gasteiger partial charge on any atom is -0.455 e. The monoisotopic (exact) mass is 972 g/mol. The summed E-state index contributed by atoms with van der Waals surface area (Å²) in [5.74, 6) is -2.93. The van der Waals surface area contributed by atoms with Crippen LogP contribution in [0.3, 0.4) is 0 Å². The number of ketones is 1. The number of carbonyl (C=O) groups is 2. The van der Waals surface area contributed by atoms with Gasteiger partial charge < -0.3 is 35.0 Å². The van der Waals surface area contributed by atoms with E-state index in [0.717, 1.165) is 0 Å². The van der Waals surface area contributed by atoms with Gasteiger partial charge in [0.2, 0.25) is 0 Å². The van der Waals surface area contributed by atoms with Crippen molar-refractivity contribution in [2.45, 2.75) is 89.2 Å². The Labute approximate surface area is 300 Å². The van der Waals surface area contributed by atoms with Crippen molar-refractivity contribution < 1.29 is 133 Å². The van der Waals surface area contributed by atoms with E-state index < -0.39 is 70.2 Å². The number of Topliss-reactive ketones (excluding diaryl/α,β-unsaturated/α-hetero) is 1. The fraction of sp³-hybridized carbons (Fsp3) is 0.643. The SMILES string of the molecule is CC1=CC(C)(C)[C@](O)([C@@H](OC(=O)c2ccccc2)C2[C@]3(O)CO[C@@H]3C[C@H](O)[C@@]2(C)C(=O)[C@@H](C)O)C[C@@H]1O.[Ac].[Ac]. The molecule has 1 saturated carbocycles. The molecule has 1 unspecified atom stereocenters. The number of benzene rings is 1. The molecule has 1 saturated heterocycles. The van der Waals surface area contributed by atoms with Crippen molar-refractivity contribution in [3.05, 3.63) is 47.5 Å². The smallest absolute Gasteiger partial charge is 0.338 e. The molecule has 2 fully saturated rings. The number of aliphatic hydroxyl groups is 5. The molecule has 1 aliphatic heterocycles. The Bertz CT molecular complexity index is 1090. The van der Waals surface area contributed by atoms with Gasteiger partial charge in [-0.1, -0.05) is 38.1 Å². The van der Waals surface area contributed by atoms with Gasteiger partial charge >= 0.3 is 5.97 Å². The fourth-order valence-electron chi connectivity index (χ4n) is 6.64. The van der Waals surface area contributed by atoms with Crippen molar-refractivity contribution in [1.29, 1.82) is 0 Å². The van der Waals surface area contributed by atoms with Crippen LogP contribution >= 0.6 is 0 Å². The van der Waals surface area contributed by atoms with Gasteiger partial charge in [0, 0.05) is 112 Å². The Morgan fingerprint density at radius 2 is 1.67 bits per heavy atom. The second-order valence-electron chi connectivity index (χ2n) is 11.8. The van der Waals surface area contributed by atoms with Crippen molar-refractivity contribution in [3.63, 3.8) is 0 Å². The Morgan fingerprint density at radius 3 is 2.18 bits per heavy atom. The van der Waals surface area contributed by atoms with Gasteiger partial charge in [-0.2, -0.15) is 0 Å². The molecule has 9 atom stereocenters. The molecular weight excluding hydrogens is 934 g/mol. The first kappa shape index (κ1) is 35.9. The predicted octanol–water partition coefficient (Wildman–Crippen LogP) is 1.15. The average molecular weight is 973 g/mol. The van der Waals surface area contributed by atoms with Gasteiger partial charge in [0.05, 0.1) is 35.9 Å². The van der Waals surface area contributed by atoms with E-state index in [2.05, 4.69) is 0 Å². The van der Waals surface area contributed by atoms with Crippen LogP contribution in [0.25, 0.3) is 0 Å².